The van der Waals surface area contributed by atoms with Crippen LogP contribution in [-0.2, 0) is 11.2 Å². The molecule has 2 aromatic rings. The second-order valence-electron chi connectivity index (χ2n) is 5.22. The van der Waals surface area contributed by atoms with Gasteiger partial charge in [-0.2, -0.15) is 0 Å². The molecule has 0 aliphatic carbocycles. The molecule has 0 saturated heterocycles. The van der Waals surface area contributed by atoms with Gasteiger partial charge in [-0.15, -0.1) is 0 Å². The van der Waals surface area contributed by atoms with Gasteiger partial charge in [0.15, 0.2) is 0 Å². The van der Waals surface area contributed by atoms with Crippen LogP contribution in [0.4, 0.5) is 11.4 Å². The van der Waals surface area contributed by atoms with E-state index in [9.17, 15) is 4.79 Å². The Kier molecular flexibility index (Phi) is 4.99. The Morgan fingerprint density at radius 3 is 2.48 bits per heavy atom. The van der Waals surface area contributed by atoms with Gasteiger partial charge in [0.1, 0.15) is 0 Å². The number of nitrogen functional groups attached to an aromatic ring is 1. The Balaban J connectivity index is 2.02. The molecule has 0 aliphatic heterocycles. The molecule has 0 aliphatic rings. The van der Waals surface area contributed by atoms with Crippen molar-refractivity contribution in [2.24, 2.45) is 0 Å². The minimum absolute atomic E-state index is 0.153. The normalized spacial score (nSPS) is 10.4. The highest BCUT2D eigenvalue weighted by molar-refractivity contribution is 5.93. The third-order valence-electron chi connectivity index (χ3n) is 3.54. The van der Waals surface area contributed by atoms with Crippen LogP contribution in [0.3, 0.4) is 0 Å². The maximum atomic E-state index is 12.4. The molecule has 3 heteroatoms. The highest BCUT2D eigenvalue weighted by atomic mass is 16.2. The monoisotopic (exact) mass is 282 g/mol. The van der Waals surface area contributed by atoms with E-state index in [0.717, 1.165) is 28.9 Å². The molecule has 0 radical (unpaired) electrons. The summed E-state index contributed by atoms with van der Waals surface area (Å²) in [6.07, 6.45) is 1.24. The summed E-state index contributed by atoms with van der Waals surface area (Å²) in [6.45, 7) is 4.73. The summed E-state index contributed by atoms with van der Waals surface area (Å²) in [7, 11) is 0. The lowest BCUT2D eigenvalue weighted by Gasteiger charge is -2.21. The molecule has 2 aromatic carbocycles. The Morgan fingerprint density at radius 2 is 1.86 bits per heavy atom. The first-order valence-corrected chi connectivity index (χ1v) is 7.31. The molecule has 0 bridgehead atoms. The number of carbonyl (C=O) groups is 1. The van der Waals surface area contributed by atoms with Gasteiger partial charge in [0, 0.05) is 24.3 Å². The minimum Gasteiger partial charge on any atom is -0.399 e. The van der Waals surface area contributed by atoms with E-state index in [0.29, 0.717) is 13.0 Å². The first-order valence-electron chi connectivity index (χ1n) is 7.31. The Labute approximate surface area is 126 Å². The van der Waals surface area contributed by atoms with Crippen LogP contribution < -0.4 is 10.6 Å². The molecule has 0 atom stereocenters. The molecular formula is C18H22N2O. The van der Waals surface area contributed by atoms with E-state index in [1.165, 1.54) is 0 Å². The molecule has 0 spiro atoms. The van der Waals surface area contributed by atoms with Gasteiger partial charge in [-0.1, -0.05) is 24.3 Å². The van der Waals surface area contributed by atoms with E-state index >= 15 is 0 Å². The van der Waals surface area contributed by atoms with Gasteiger partial charge in [0.05, 0.1) is 0 Å². The lowest BCUT2D eigenvalue weighted by atomic mass is 10.1. The van der Waals surface area contributed by atoms with E-state index in [2.05, 4.69) is 0 Å². The van der Waals surface area contributed by atoms with Crippen LogP contribution in [0.15, 0.2) is 48.5 Å². The van der Waals surface area contributed by atoms with E-state index in [1.807, 2.05) is 67.3 Å². The quantitative estimate of drug-likeness (QED) is 0.852. The summed E-state index contributed by atoms with van der Waals surface area (Å²) < 4.78 is 0. The zero-order valence-electron chi connectivity index (χ0n) is 12.7. The highest BCUT2D eigenvalue weighted by Crippen LogP contribution is 2.17. The minimum atomic E-state index is 0.153. The number of hydrogen-bond donors (Lipinski definition) is 1. The van der Waals surface area contributed by atoms with Gasteiger partial charge in [0.25, 0.3) is 0 Å². The van der Waals surface area contributed by atoms with Crippen LogP contribution in [0.25, 0.3) is 0 Å². The standard InChI is InChI=1S/C18H22N2O/c1-3-20(17-6-4-5-14(2)13-17)18(21)12-9-15-7-10-16(19)11-8-15/h4-8,10-11,13H,3,9,12,19H2,1-2H3. The smallest absolute Gasteiger partial charge is 0.227 e. The molecule has 1 amide bonds. The Bertz CT molecular complexity index is 605. The first kappa shape index (κ1) is 15.1. The predicted molar refractivity (Wildman–Crippen MR) is 88.4 cm³/mol. The molecule has 2 N–H and O–H groups in total. The van der Waals surface area contributed by atoms with Crippen LogP contribution in [0.2, 0.25) is 0 Å². The van der Waals surface area contributed by atoms with Crippen molar-refractivity contribution in [1.29, 1.82) is 0 Å². The second kappa shape index (κ2) is 6.93. The van der Waals surface area contributed by atoms with Crippen molar-refractivity contribution < 1.29 is 4.79 Å². The van der Waals surface area contributed by atoms with Crippen molar-refractivity contribution in [3.63, 3.8) is 0 Å². The van der Waals surface area contributed by atoms with Gasteiger partial charge < -0.3 is 10.6 Å². The fourth-order valence-electron chi connectivity index (χ4n) is 2.37. The van der Waals surface area contributed by atoms with Gasteiger partial charge in [-0.05, 0) is 55.7 Å². The molecule has 2 rings (SSSR count). The van der Waals surface area contributed by atoms with Crippen LogP contribution in [0, 0.1) is 6.92 Å². The number of hydrogen-bond acceptors (Lipinski definition) is 2. The molecule has 21 heavy (non-hydrogen) atoms. The summed E-state index contributed by atoms with van der Waals surface area (Å²) in [6, 6.07) is 15.8. The van der Waals surface area contributed by atoms with Crippen molar-refractivity contribution in [3.05, 3.63) is 59.7 Å². The zero-order valence-corrected chi connectivity index (χ0v) is 12.7. The third-order valence-corrected chi connectivity index (χ3v) is 3.54. The molecular weight excluding hydrogens is 260 g/mol. The van der Waals surface area contributed by atoms with E-state index in [4.69, 9.17) is 5.73 Å². The van der Waals surface area contributed by atoms with Crippen LogP contribution >= 0.6 is 0 Å². The van der Waals surface area contributed by atoms with E-state index < -0.39 is 0 Å². The van der Waals surface area contributed by atoms with E-state index in [-0.39, 0.29) is 5.91 Å². The average molecular weight is 282 g/mol. The van der Waals surface area contributed by atoms with Gasteiger partial charge in [-0.25, -0.2) is 0 Å². The third kappa shape index (κ3) is 4.09. The van der Waals surface area contributed by atoms with Gasteiger partial charge in [-0.3, -0.25) is 4.79 Å². The SMILES string of the molecule is CCN(C(=O)CCc1ccc(N)cc1)c1cccc(C)c1. The van der Waals surface area contributed by atoms with Crippen LogP contribution in [-0.4, -0.2) is 12.5 Å². The average Bonchev–Trinajstić information content (AvgIpc) is 2.47. The molecule has 0 heterocycles. The van der Waals surface area contributed by atoms with Crippen molar-refractivity contribution in [2.75, 3.05) is 17.2 Å². The molecule has 110 valence electrons. The molecule has 0 saturated carbocycles. The molecule has 0 unspecified atom stereocenters. The maximum absolute atomic E-state index is 12.4. The van der Waals surface area contributed by atoms with Crippen molar-refractivity contribution in [2.45, 2.75) is 26.7 Å². The maximum Gasteiger partial charge on any atom is 0.227 e. The number of aryl methyl sites for hydroxylation is 2. The zero-order chi connectivity index (χ0) is 15.2. The number of rotatable bonds is 5. The first-order chi connectivity index (χ1) is 10.1. The number of carbonyl (C=O) groups excluding carboxylic acids is 1. The molecule has 0 fully saturated rings. The molecule has 3 nitrogen and oxygen atoms in total. The summed E-state index contributed by atoms with van der Waals surface area (Å²) >= 11 is 0. The predicted octanol–water partition coefficient (Wildman–Crippen LogP) is 3.56. The van der Waals surface area contributed by atoms with Crippen molar-refractivity contribution in [1.82, 2.24) is 0 Å². The second-order valence-corrected chi connectivity index (χ2v) is 5.22. The Morgan fingerprint density at radius 1 is 1.14 bits per heavy atom. The summed E-state index contributed by atoms with van der Waals surface area (Å²) in [5.74, 6) is 0.153. The summed E-state index contributed by atoms with van der Waals surface area (Å²) in [5, 5.41) is 0. The summed E-state index contributed by atoms with van der Waals surface area (Å²) in [5.41, 5.74) is 9.69. The van der Waals surface area contributed by atoms with E-state index in [1.54, 1.807) is 0 Å². The number of benzene rings is 2. The van der Waals surface area contributed by atoms with Crippen LogP contribution in [0.5, 0.6) is 0 Å². The fraction of sp³-hybridized carbons (Fsp3) is 0.278. The largest absolute Gasteiger partial charge is 0.399 e. The van der Waals surface area contributed by atoms with Gasteiger partial charge >= 0.3 is 0 Å². The van der Waals surface area contributed by atoms with Crippen molar-refractivity contribution >= 4 is 17.3 Å². The summed E-state index contributed by atoms with van der Waals surface area (Å²) in [4.78, 5) is 14.3. The highest BCUT2D eigenvalue weighted by Gasteiger charge is 2.13. The number of amides is 1. The Hall–Kier alpha value is -2.29. The number of nitrogens with two attached hydrogens (primary N) is 1. The lowest BCUT2D eigenvalue weighted by Crippen LogP contribution is -2.30. The van der Waals surface area contributed by atoms with Gasteiger partial charge in [0.2, 0.25) is 5.91 Å². The lowest BCUT2D eigenvalue weighted by molar-refractivity contribution is -0.118. The number of nitrogens with zero attached hydrogens (tertiary/aromatic N) is 1. The molecule has 0 aromatic heterocycles. The fourth-order valence-corrected chi connectivity index (χ4v) is 2.37. The van der Waals surface area contributed by atoms with Crippen molar-refractivity contribution in [3.8, 4) is 0 Å². The number of anilines is 2. The van der Waals surface area contributed by atoms with Crippen LogP contribution in [0.1, 0.15) is 24.5 Å². The topological polar surface area (TPSA) is 46.3 Å².